The molecule has 3 rings (SSSR count). The average Bonchev–Trinajstić information content (AvgIpc) is 3.31. The third-order valence-electron chi connectivity index (χ3n) is 5.68. The summed E-state index contributed by atoms with van der Waals surface area (Å²) in [6, 6.07) is 10.4. The number of hydrogen-bond acceptors (Lipinski definition) is 6. The molecule has 1 aliphatic heterocycles. The second-order valence-electron chi connectivity index (χ2n) is 8.60. The molecule has 0 saturated carbocycles. The van der Waals surface area contributed by atoms with Crippen LogP contribution in [0.3, 0.4) is 0 Å². The van der Waals surface area contributed by atoms with E-state index in [1.807, 2.05) is 6.92 Å². The summed E-state index contributed by atoms with van der Waals surface area (Å²) in [4.78, 5) is 37.9. The SMILES string of the molecule is Cc1ccc(S(=O)(=O)N2CCC[C@H]2C(=O)N[C@@H](Cc2ccc(OC(=O)N(C)C)cc2)C(=O)O)cc1. The van der Waals surface area contributed by atoms with Gasteiger partial charge in [-0.05, 0) is 49.6 Å². The molecule has 0 unspecified atom stereocenters. The monoisotopic (exact) mass is 503 g/mol. The molecular formula is C24H29N3O7S. The third kappa shape index (κ3) is 6.37. The summed E-state index contributed by atoms with van der Waals surface area (Å²) < 4.78 is 32.5. The summed E-state index contributed by atoms with van der Waals surface area (Å²) in [6.45, 7) is 2.03. The minimum atomic E-state index is -3.91. The minimum Gasteiger partial charge on any atom is -0.480 e. The Kier molecular flexibility index (Phi) is 8.13. The van der Waals surface area contributed by atoms with E-state index in [9.17, 15) is 27.9 Å². The predicted octanol–water partition coefficient (Wildman–Crippen LogP) is 2.02. The number of carboxylic acids is 1. The number of carboxylic acid groups (broad SMARTS) is 1. The lowest BCUT2D eigenvalue weighted by Crippen LogP contribution is -2.51. The third-order valence-corrected chi connectivity index (χ3v) is 7.60. The van der Waals surface area contributed by atoms with Gasteiger partial charge < -0.3 is 20.1 Å². The van der Waals surface area contributed by atoms with E-state index in [1.54, 1.807) is 38.4 Å². The van der Waals surface area contributed by atoms with E-state index in [0.29, 0.717) is 24.2 Å². The second kappa shape index (κ2) is 10.9. The average molecular weight is 504 g/mol. The molecule has 0 aromatic heterocycles. The zero-order chi connectivity index (χ0) is 25.8. The molecule has 0 aliphatic carbocycles. The van der Waals surface area contributed by atoms with E-state index in [4.69, 9.17) is 4.74 Å². The van der Waals surface area contributed by atoms with Crippen molar-refractivity contribution in [2.45, 2.75) is 43.2 Å². The van der Waals surface area contributed by atoms with Gasteiger partial charge in [-0.1, -0.05) is 29.8 Å². The van der Waals surface area contributed by atoms with E-state index in [-0.39, 0.29) is 17.9 Å². The number of carbonyl (C=O) groups excluding carboxylic acids is 2. The Balaban J connectivity index is 1.69. The predicted molar refractivity (Wildman–Crippen MR) is 128 cm³/mol. The van der Waals surface area contributed by atoms with Crippen molar-refractivity contribution < 1.29 is 32.6 Å². The summed E-state index contributed by atoms with van der Waals surface area (Å²) in [7, 11) is -0.805. The molecule has 35 heavy (non-hydrogen) atoms. The molecule has 2 aromatic carbocycles. The van der Waals surface area contributed by atoms with Gasteiger partial charge in [-0.3, -0.25) is 4.79 Å². The highest BCUT2D eigenvalue weighted by Crippen LogP contribution is 2.26. The fraction of sp³-hybridized carbons (Fsp3) is 0.375. The van der Waals surface area contributed by atoms with E-state index < -0.39 is 40.1 Å². The minimum absolute atomic E-state index is 0.0274. The lowest BCUT2D eigenvalue weighted by molar-refractivity contribution is -0.142. The van der Waals surface area contributed by atoms with Gasteiger partial charge in [0, 0.05) is 27.1 Å². The number of ether oxygens (including phenoxy) is 1. The number of benzene rings is 2. The van der Waals surface area contributed by atoms with Crippen LogP contribution in [0.1, 0.15) is 24.0 Å². The van der Waals surface area contributed by atoms with Gasteiger partial charge in [0.25, 0.3) is 0 Å². The lowest BCUT2D eigenvalue weighted by Gasteiger charge is -2.25. The maximum absolute atomic E-state index is 13.1. The number of rotatable bonds is 8. The highest BCUT2D eigenvalue weighted by molar-refractivity contribution is 7.89. The van der Waals surface area contributed by atoms with Gasteiger partial charge in [-0.25, -0.2) is 18.0 Å². The Labute approximate surface area is 204 Å². The van der Waals surface area contributed by atoms with Gasteiger partial charge >= 0.3 is 12.1 Å². The molecule has 10 nitrogen and oxygen atoms in total. The van der Waals surface area contributed by atoms with Crippen molar-refractivity contribution in [2.24, 2.45) is 0 Å². The Morgan fingerprint density at radius 2 is 1.74 bits per heavy atom. The van der Waals surface area contributed by atoms with Crippen molar-refractivity contribution >= 4 is 28.0 Å². The number of nitrogens with one attached hydrogen (secondary N) is 1. The number of nitrogens with zero attached hydrogens (tertiary/aromatic N) is 2. The zero-order valence-corrected chi connectivity index (χ0v) is 20.6. The van der Waals surface area contributed by atoms with Crippen LogP contribution in [-0.4, -0.2) is 73.4 Å². The normalized spacial score (nSPS) is 16.9. The highest BCUT2D eigenvalue weighted by Gasteiger charge is 2.40. The van der Waals surface area contributed by atoms with Gasteiger partial charge in [0.15, 0.2) is 0 Å². The van der Waals surface area contributed by atoms with Crippen LogP contribution in [0.5, 0.6) is 5.75 Å². The van der Waals surface area contributed by atoms with Crippen molar-refractivity contribution in [3.8, 4) is 5.75 Å². The lowest BCUT2D eigenvalue weighted by atomic mass is 10.1. The Bertz CT molecular complexity index is 1180. The van der Waals surface area contributed by atoms with Gasteiger partial charge in [0.2, 0.25) is 15.9 Å². The molecule has 2 atom stereocenters. The molecule has 2 aromatic rings. The molecule has 0 spiro atoms. The van der Waals surface area contributed by atoms with Crippen LogP contribution in [0.4, 0.5) is 4.79 Å². The zero-order valence-electron chi connectivity index (χ0n) is 19.8. The van der Waals surface area contributed by atoms with E-state index in [1.165, 1.54) is 29.2 Å². The van der Waals surface area contributed by atoms with Gasteiger partial charge in [-0.2, -0.15) is 4.31 Å². The standard InChI is InChI=1S/C24H29N3O7S/c1-16-6-12-19(13-7-16)35(32,33)27-14-4-5-21(27)22(28)25-20(23(29)30)15-17-8-10-18(11-9-17)34-24(31)26(2)3/h6-13,20-21H,4-5,14-15H2,1-3H3,(H,25,28)(H,29,30)/t20-,21-/m0/s1. The fourth-order valence-electron chi connectivity index (χ4n) is 3.72. The van der Waals surface area contributed by atoms with Crippen molar-refractivity contribution in [3.05, 3.63) is 59.7 Å². The Morgan fingerprint density at radius 3 is 2.31 bits per heavy atom. The van der Waals surface area contributed by atoms with Gasteiger partial charge in [0.05, 0.1) is 4.90 Å². The molecular weight excluding hydrogens is 474 g/mol. The molecule has 1 aliphatic rings. The molecule has 0 bridgehead atoms. The van der Waals surface area contributed by atoms with Crippen molar-refractivity contribution in [1.82, 2.24) is 14.5 Å². The number of amides is 2. The summed E-state index contributed by atoms with van der Waals surface area (Å²) in [5.41, 5.74) is 1.51. The van der Waals surface area contributed by atoms with Crippen molar-refractivity contribution in [1.29, 1.82) is 0 Å². The second-order valence-corrected chi connectivity index (χ2v) is 10.5. The highest BCUT2D eigenvalue weighted by atomic mass is 32.2. The summed E-state index contributed by atoms with van der Waals surface area (Å²) in [5, 5.41) is 12.2. The van der Waals surface area contributed by atoms with Crippen molar-refractivity contribution in [3.63, 3.8) is 0 Å². The number of hydrogen-bond donors (Lipinski definition) is 2. The number of aryl methyl sites for hydroxylation is 1. The smallest absolute Gasteiger partial charge is 0.414 e. The molecule has 2 amide bonds. The van der Waals surface area contributed by atoms with Crippen LogP contribution in [-0.2, 0) is 26.0 Å². The molecule has 1 fully saturated rings. The molecule has 1 saturated heterocycles. The van der Waals surface area contributed by atoms with E-state index in [0.717, 1.165) is 9.87 Å². The van der Waals surface area contributed by atoms with Gasteiger partial charge in [0.1, 0.15) is 17.8 Å². The van der Waals surface area contributed by atoms with Crippen LogP contribution in [0.15, 0.2) is 53.4 Å². The van der Waals surface area contributed by atoms with E-state index in [2.05, 4.69) is 5.32 Å². The Morgan fingerprint density at radius 1 is 1.11 bits per heavy atom. The first-order valence-electron chi connectivity index (χ1n) is 11.1. The van der Waals surface area contributed by atoms with Crippen LogP contribution < -0.4 is 10.1 Å². The quantitative estimate of drug-likeness (QED) is 0.563. The summed E-state index contributed by atoms with van der Waals surface area (Å²) in [5.74, 6) is -1.60. The first-order chi connectivity index (χ1) is 16.5. The molecule has 2 N–H and O–H groups in total. The first-order valence-corrected chi connectivity index (χ1v) is 12.5. The molecule has 1 heterocycles. The van der Waals surface area contributed by atoms with E-state index >= 15 is 0 Å². The molecule has 188 valence electrons. The summed E-state index contributed by atoms with van der Waals surface area (Å²) >= 11 is 0. The Hall–Kier alpha value is -3.44. The number of sulfonamides is 1. The van der Waals surface area contributed by atoms with Crippen LogP contribution in [0, 0.1) is 6.92 Å². The fourth-order valence-corrected chi connectivity index (χ4v) is 5.38. The first kappa shape index (κ1) is 26.2. The van der Waals surface area contributed by atoms with Crippen LogP contribution in [0.25, 0.3) is 0 Å². The van der Waals surface area contributed by atoms with Gasteiger partial charge in [-0.15, -0.1) is 0 Å². The maximum atomic E-state index is 13.1. The molecule has 0 radical (unpaired) electrons. The van der Waals surface area contributed by atoms with Crippen LogP contribution >= 0.6 is 0 Å². The topological polar surface area (TPSA) is 133 Å². The molecule has 11 heteroatoms. The van der Waals surface area contributed by atoms with Crippen molar-refractivity contribution in [2.75, 3.05) is 20.6 Å². The van der Waals surface area contributed by atoms with Crippen LogP contribution in [0.2, 0.25) is 0 Å². The number of carbonyl (C=O) groups is 3. The number of aliphatic carboxylic acids is 1. The maximum Gasteiger partial charge on any atom is 0.414 e. The summed E-state index contributed by atoms with van der Waals surface area (Å²) in [6.07, 6.45) is 0.221. The largest absolute Gasteiger partial charge is 0.480 e.